The van der Waals surface area contributed by atoms with Gasteiger partial charge in [0, 0.05) is 43.8 Å². The zero-order valence-electron chi connectivity index (χ0n) is 19.4. The first-order valence-electron chi connectivity index (χ1n) is 11.6. The molecule has 5 nitrogen and oxygen atoms in total. The first-order chi connectivity index (χ1) is 16.1. The van der Waals surface area contributed by atoms with Crippen molar-refractivity contribution in [2.24, 2.45) is 0 Å². The molecule has 0 radical (unpaired) electrons. The molecule has 0 unspecified atom stereocenters. The van der Waals surface area contributed by atoms with E-state index >= 15 is 0 Å². The van der Waals surface area contributed by atoms with Crippen LogP contribution in [0.15, 0.2) is 60.7 Å². The highest BCUT2D eigenvalue weighted by Gasteiger charge is 2.14. The molecule has 0 aliphatic carbocycles. The minimum Gasteiger partial charge on any atom is -0.399 e. The van der Waals surface area contributed by atoms with Crippen LogP contribution in [-0.4, -0.2) is 53.2 Å². The van der Waals surface area contributed by atoms with E-state index in [1.54, 1.807) is 0 Å². The van der Waals surface area contributed by atoms with Crippen LogP contribution in [0.4, 0.5) is 5.69 Å². The highest BCUT2D eigenvalue weighted by Crippen LogP contribution is 2.32. The number of likely N-dealkylation sites (N-methyl/N-ethyl adjacent to an activating group) is 1. The van der Waals surface area contributed by atoms with E-state index in [1.807, 2.05) is 18.2 Å². The number of benzene rings is 3. The Kier molecular flexibility index (Phi) is 5.99. The first kappa shape index (κ1) is 21.4. The van der Waals surface area contributed by atoms with E-state index in [9.17, 15) is 0 Å². The van der Waals surface area contributed by atoms with Crippen molar-refractivity contribution in [2.75, 3.05) is 39.0 Å². The van der Waals surface area contributed by atoms with Gasteiger partial charge >= 0.3 is 0 Å². The second-order valence-corrected chi connectivity index (χ2v) is 9.05. The van der Waals surface area contributed by atoms with Crippen molar-refractivity contribution in [3.63, 3.8) is 0 Å². The van der Waals surface area contributed by atoms with Crippen LogP contribution >= 0.6 is 0 Å². The van der Waals surface area contributed by atoms with Crippen LogP contribution < -0.4 is 5.73 Å². The third-order valence-electron chi connectivity index (χ3n) is 6.60. The number of fused-ring (bicyclic) bond motifs is 1. The molecule has 2 heterocycles. The minimum absolute atomic E-state index is 0.774. The Bertz CT molecular complexity index is 1290. The van der Waals surface area contributed by atoms with Crippen molar-refractivity contribution in [1.29, 1.82) is 0 Å². The summed E-state index contributed by atoms with van der Waals surface area (Å²) in [7, 11) is 2.20. The largest absolute Gasteiger partial charge is 0.399 e. The lowest BCUT2D eigenvalue weighted by atomic mass is 9.96. The summed E-state index contributed by atoms with van der Waals surface area (Å²) < 4.78 is 0. The van der Waals surface area contributed by atoms with Gasteiger partial charge in [0.2, 0.25) is 0 Å². The predicted octanol–water partition coefficient (Wildman–Crippen LogP) is 5.04. The van der Waals surface area contributed by atoms with E-state index in [0.717, 1.165) is 60.6 Å². The second-order valence-electron chi connectivity index (χ2n) is 9.05. The maximum Gasteiger partial charge on any atom is 0.0930 e. The fourth-order valence-corrected chi connectivity index (χ4v) is 4.69. The Morgan fingerprint density at radius 2 is 1.79 bits per heavy atom. The van der Waals surface area contributed by atoms with Crippen LogP contribution in [0.3, 0.4) is 0 Å². The molecule has 3 aromatic carbocycles. The van der Waals surface area contributed by atoms with E-state index in [1.165, 1.54) is 22.3 Å². The highest BCUT2D eigenvalue weighted by atomic mass is 15.2. The van der Waals surface area contributed by atoms with Crippen molar-refractivity contribution in [2.45, 2.75) is 13.5 Å². The van der Waals surface area contributed by atoms with Gasteiger partial charge in [-0.2, -0.15) is 5.10 Å². The van der Waals surface area contributed by atoms with Crippen molar-refractivity contribution >= 4 is 28.7 Å². The maximum atomic E-state index is 6.02. The zero-order chi connectivity index (χ0) is 22.8. The molecule has 33 heavy (non-hydrogen) atoms. The summed E-state index contributed by atoms with van der Waals surface area (Å²) in [6, 6.07) is 21.1. The summed E-state index contributed by atoms with van der Waals surface area (Å²) in [5.41, 5.74) is 14.9. The van der Waals surface area contributed by atoms with E-state index in [4.69, 9.17) is 5.73 Å². The summed E-state index contributed by atoms with van der Waals surface area (Å²) in [5, 5.41) is 8.94. The molecule has 1 saturated heterocycles. The number of anilines is 1. The summed E-state index contributed by atoms with van der Waals surface area (Å²) in [6.45, 7) is 7.70. The number of nitrogens with two attached hydrogens (primary N) is 1. The Morgan fingerprint density at radius 3 is 2.61 bits per heavy atom. The first-order valence-corrected chi connectivity index (χ1v) is 11.6. The molecule has 4 aromatic rings. The quantitative estimate of drug-likeness (QED) is 0.430. The molecule has 1 aliphatic rings. The Balaban J connectivity index is 1.40. The Morgan fingerprint density at radius 1 is 0.970 bits per heavy atom. The lowest BCUT2D eigenvalue weighted by Crippen LogP contribution is -2.43. The van der Waals surface area contributed by atoms with Gasteiger partial charge < -0.3 is 10.6 Å². The van der Waals surface area contributed by atoms with Gasteiger partial charge in [-0.3, -0.25) is 10.00 Å². The fourth-order valence-electron chi connectivity index (χ4n) is 4.69. The van der Waals surface area contributed by atoms with Crippen LogP contribution in [-0.2, 0) is 6.54 Å². The van der Waals surface area contributed by atoms with E-state index < -0.39 is 0 Å². The summed E-state index contributed by atoms with van der Waals surface area (Å²) in [5.74, 6) is 0. The van der Waals surface area contributed by atoms with Gasteiger partial charge in [-0.1, -0.05) is 48.5 Å². The van der Waals surface area contributed by atoms with E-state index in [2.05, 4.69) is 88.6 Å². The summed E-state index contributed by atoms with van der Waals surface area (Å²) in [6.07, 6.45) is 4.28. The molecule has 1 aliphatic heterocycles. The average Bonchev–Trinajstić information content (AvgIpc) is 3.24. The summed E-state index contributed by atoms with van der Waals surface area (Å²) in [4.78, 5) is 4.93. The number of nitrogens with zero attached hydrogens (tertiary/aromatic N) is 3. The third-order valence-corrected chi connectivity index (χ3v) is 6.60. The number of aromatic amines is 1. The van der Waals surface area contributed by atoms with Crippen LogP contribution in [0.1, 0.15) is 22.4 Å². The van der Waals surface area contributed by atoms with Gasteiger partial charge in [-0.15, -0.1) is 0 Å². The number of H-pyrrole nitrogens is 1. The smallest absolute Gasteiger partial charge is 0.0930 e. The van der Waals surface area contributed by atoms with Gasteiger partial charge in [-0.05, 0) is 66.1 Å². The zero-order valence-corrected chi connectivity index (χ0v) is 19.4. The molecule has 0 saturated carbocycles. The van der Waals surface area contributed by atoms with Crippen LogP contribution in [0, 0.1) is 6.92 Å². The van der Waals surface area contributed by atoms with Crippen LogP contribution in [0.5, 0.6) is 0 Å². The topological polar surface area (TPSA) is 61.2 Å². The molecule has 1 fully saturated rings. The number of hydrogen-bond donors (Lipinski definition) is 2. The molecule has 5 heteroatoms. The lowest BCUT2D eigenvalue weighted by molar-refractivity contribution is 0.148. The average molecular weight is 438 g/mol. The van der Waals surface area contributed by atoms with Crippen molar-refractivity contribution < 1.29 is 0 Å². The molecule has 1 aromatic heterocycles. The molecule has 0 amide bonds. The van der Waals surface area contributed by atoms with E-state index in [-0.39, 0.29) is 0 Å². The Hall–Kier alpha value is -3.41. The number of aryl methyl sites for hydroxylation is 1. The minimum atomic E-state index is 0.774. The second kappa shape index (κ2) is 9.22. The number of nitrogens with one attached hydrogen (secondary N) is 1. The van der Waals surface area contributed by atoms with E-state index in [0.29, 0.717) is 0 Å². The summed E-state index contributed by atoms with van der Waals surface area (Å²) >= 11 is 0. The normalized spacial score (nSPS) is 15.6. The standard InChI is InChI=1S/C28H31N5/c1-20-25(23-7-4-8-24(29)18-23)10-12-27-28(20)26(30-31-27)11-9-21-5-3-6-22(17-21)19-33-15-13-32(2)14-16-33/h3-12,17-18H,13-16,19,29H2,1-2H3,(H,30,31). The fraction of sp³-hybridized carbons (Fsp3) is 0.250. The molecular weight excluding hydrogens is 406 g/mol. The number of rotatable bonds is 5. The molecule has 168 valence electrons. The monoisotopic (exact) mass is 437 g/mol. The third kappa shape index (κ3) is 4.70. The van der Waals surface area contributed by atoms with Gasteiger partial charge in [0.25, 0.3) is 0 Å². The number of nitrogen functional groups attached to an aromatic ring is 1. The van der Waals surface area contributed by atoms with Gasteiger partial charge in [0.15, 0.2) is 0 Å². The molecule has 3 N–H and O–H groups in total. The number of hydrogen-bond acceptors (Lipinski definition) is 4. The van der Waals surface area contributed by atoms with Crippen LogP contribution in [0.25, 0.3) is 34.2 Å². The highest BCUT2D eigenvalue weighted by molar-refractivity contribution is 5.96. The van der Waals surface area contributed by atoms with Crippen molar-refractivity contribution in [3.05, 3.63) is 83.0 Å². The van der Waals surface area contributed by atoms with Crippen molar-refractivity contribution in [1.82, 2.24) is 20.0 Å². The lowest BCUT2D eigenvalue weighted by Gasteiger charge is -2.32. The molecular formula is C28H31N5. The van der Waals surface area contributed by atoms with Gasteiger partial charge in [0.05, 0.1) is 11.2 Å². The molecule has 0 bridgehead atoms. The van der Waals surface area contributed by atoms with Crippen LogP contribution in [0.2, 0.25) is 0 Å². The van der Waals surface area contributed by atoms with Crippen molar-refractivity contribution in [3.8, 4) is 11.1 Å². The molecule has 5 rings (SSSR count). The molecule has 0 spiro atoms. The maximum absolute atomic E-state index is 6.02. The number of piperazine rings is 1. The predicted molar refractivity (Wildman–Crippen MR) is 139 cm³/mol. The van der Waals surface area contributed by atoms with Gasteiger partial charge in [0.1, 0.15) is 0 Å². The van der Waals surface area contributed by atoms with Gasteiger partial charge in [-0.25, -0.2) is 0 Å². The molecule has 0 atom stereocenters. The number of aromatic nitrogens is 2. The Labute approximate surface area is 195 Å². The SMILES string of the molecule is Cc1c(-c2cccc(N)c2)ccc2[nH]nc(C=Cc3cccc(CN4CCN(C)CC4)c3)c12.